The van der Waals surface area contributed by atoms with Crippen molar-refractivity contribution >= 4 is 27.1 Å². The molecule has 0 saturated carbocycles. The van der Waals surface area contributed by atoms with Crippen molar-refractivity contribution in [3.8, 4) is 0 Å². The summed E-state index contributed by atoms with van der Waals surface area (Å²) in [5.41, 5.74) is 0.782. The van der Waals surface area contributed by atoms with E-state index in [1.165, 1.54) is 0 Å². The molecule has 3 heterocycles. The number of hydrogen-bond acceptors (Lipinski definition) is 5. The molecule has 106 valence electrons. The van der Waals surface area contributed by atoms with Gasteiger partial charge in [-0.05, 0) is 30.5 Å². The number of furan rings is 1. The van der Waals surface area contributed by atoms with Crippen LogP contribution in [0.3, 0.4) is 0 Å². The van der Waals surface area contributed by atoms with Crippen molar-refractivity contribution in [1.29, 1.82) is 0 Å². The molecule has 0 saturated heterocycles. The van der Waals surface area contributed by atoms with Gasteiger partial charge in [0.05, 0.1) is 16.8 Å². The molecule has 0 radical (unpaired) electrons. The van der Waals surface area contributed by atoms with Gasteiger partial charge in [-0.3, -0.25) is 0 Å². The molecule has 0 amide bonds. The highest BCUT2D eigenvalue weighted by molar-refractivity contribution is 7.88. The highest BCUT2D eigenvalue weighted by Gasteiger charge is 2.36. The fourth-order valence-electron chi connectivity index (χ4n) is 2.23. The molecule has 2 aromatic rings. The van der Waals surface area contributed by atoms with Crippen molar-refractivity contribution < 1.29 is 12.8 Å². The van der Waals surface area contributed by atoms with Crippen LogP contribution < -0.4 is 0 Å². The topological polar surface area (TPSA) is 62.9 Å². The van der Waals surface area contributed by atoms with E-state index in [-0.39, 0.29) is 0 Å². The van der Waals surface area contributed by atoms with Gasteiger partial charge in [0, 0.05) is 6.42 Å². The third kappa shape index (κ3) is 2.38. The SMILES string of the molecule is Cc1ccc([C@H]2CC(c3cccs3)=NN2S(C)(=O)=O)o1. The molecule has 0 unspecified atom stereocenters. The summed E-state index contributed by atoms with van der Waals surface area (Å²) in [5, 5.41) is 6.23. The summed E-state index contributed by atoms with van der Waals surface area (Å²) >= 11 is 1.55. The van der Waals surface area contributed by atoms with Gasteiger partial charge in [0.15, 0.2) is 0 Å². The second kappa shape index (κ2) is 4.75. The molecular weight excluding hydrogens is 296 g/mol. The van der Waals surface area contributed by atoms with Gasteiger partial charge in [-0.25, -0.2) is 8.42 Å². The van der Waals surface area contributed by atoms with Gasteiger partial charge in [-0.15, -0.1) is 11.3 Å². The van der Waals surface area contributed by atoms with E-state index in [9.17, 15) is 8.42 Å². The van der Waals surface area contributed by atoms with Crippen LogP contribution in [0.25, 0.3) is 0 Å². The molecule has 0 N–H and O–H groups in total. The lowest BCUT2D eigenvalue weighted by Crippen LogP contribution is -2.25. The van der Waals surface area contributed by atoms with Gasteiger partial charge >= 0.3 is 0 Å². The summed E-state index contributed by atoms with van der Waals surface area (Å²) in [7, 11) is -3.42. The van der Waals surface area contributed by atoms with E-state index in [2.05, 4.69) is 5.10 Å². The Labute approximate surface area is 121 Å². The van der Waals surface area contributed by atoms with Crippen molar-refractivity contribution in [2.24, 2.45) is 5.10 Å². The van der Waals surface area contributed by atoms with E-state index in [4.69, 9.17) is 4.42 Å². The highest BCUT2D eigenvalue weighted by Crippen LogP contribution is 2.36. The minimum Gasteiger partial charge on any atom is -0.464 e. The van der Waals surface area contributed by atoms with Crippen LogP contribution in [-0.4, -0.2) is 24.8 Å². The third-order valence-electron chi connectivity index (χ3n) is 3.11. The van der Waals surface area contributed by atoms with Gasteiger partial charge in [-0.2, -0.15) is 9.52 Å². The van der Waals surface area contributed by atoms with Gasteiger partial charge in [-0.1, -0.05) is 6.07 Å². The number of rotatable bonds is 3. The van der Waals surface area contributed by atoms with Crippen LogP contribution >= 0.6 is 11.3 Å². The molecule has 0 bridgehead atoms. The second-order valence-corrected chi connectivity index (χ2v) is 7.52. The molecule has 2 aromatic heterocycles. The van der Waals surface area contributed by atoms with E-state index in [1.807, 2.05) is 36.6 Å². The minimum absolute atomic E-state index is 0.393. The first kappa shape index (κ1) is 13.4. The standard InChI is InChI=1S/C13H14N2O3S2/c1-9-5-6-12(18-9)11-8-10(13-4-3-7-19-13)14-15(11)20(2,16)17/h3-7,11H,8H2,1-2H3/t11-/m1/s1. The molecule has 5 nitrogen and oxygen atoms in total. The number of hydrazone groups is 1. The molecule has 0 spiro atoms. The van der Waals surface area contributed by atoms with Crippen molar-refractivity contribution in [3.05, 3.63) is 46.0 Å². The summed E-state index contributed by atoms with van der Waals surface area (Å²) in [4.78, 5) is 0.990. The lowest BCUT2D eigenvalue weighted by Gasteiger charge is -2.18. The summed E-state index contributed by atoms with van der Waals surface area (Å²) in [6.07, 6.45) is 1.69. The maximum Gasteiger partial charge on any atom is 0.247 e. The van der Waals surface area contributed by atoms with Crippen LogP contribution in [0.15, 0.2) is 39.2 Å². The van der Waals surface area contributed by atoms with Crippen LogP contribution in [0.1, 0.15) is 28.9 Å². The maximum absolute atomic E-state index is 11.9. The normalized spacial score (nSPS) is 19.4. The summed E-state index contributed by atoms with van der Waals surface area (Å²) < 4.78 is 30.6. The fraction of sp³-hybridized carbons (Fsp3) is 0.308. The Kier molecular flexibility index (Phi) is 3.18. The van der Waals surface area contributed by atoms with E-state index in [1.54, 1.807) is 11.3 Å². The van der Waals surface area contributed by atoms with Crippen LogP contribution in [0.2, 0.25) is 0 Å². The summed E-state index contributed by atoms with van der Waals surface area (Å²) in [6, 6.07) is 7.12. The Morgan fingerprint density at radius 3 is 2.75 bits per heavy atom. The Hall–Kier alpha value is -1.60. The molecule has 1 atom stereocenters. The van der Waals surface area contributed by atoms with Crippen LogP contribution in [0, 0.1) is 6.92 Å². The van der Waals surface area contributed by atoms with E-state index >= 15 is 0 Å². The Balaban J connectivity index is 2.00. The molecule has 0 aromatic carbocycles. The molecule has 3 rings (SSSR count). The molecular formula is C13H14N2O3S2. The van der Waals surface area contributed by atoms with Crippen molar-refractivity contribution in [2.45, 2.75) is 19.4 Å². The zero-order valence-corrected chi connectivity index (χ0v) is 12.7. The lowest BCUT2D eigenvalue weighted by molar-refractivity contribution is 0.317. The van der Waals surface area contributed by atoms with Crippen LogP contribution in [0.4, 0.5) is 0 Å². The number of nitrogens with zero attached hydrogens (tertiary/aromatic N) is 2. The summed E-state index contributed by atoms with van der Waals surface area (Å²) in [5.74, 6) is 1.39. The molecule has 0 aliphatic carbocycles. The first-order valence-corrected chi connectivity index (χ1v) is 8.85. The largest absolute Gasteiger partial charge is 0.464 e. The molecule has 1 aliphatic heterocycles. The van der Waals surface area contributed by atoms with Gasteiger partial charge in [0.25, 0.3) is 0 Å². The minimum atomic E-state index is -3.42. The van der Waals surface area contributed by atoms with E-state index in [0.717, 1.165) is 27.0 Å². The quantitative estimate of drug-likeness (QED) is 0.875. The average Bonchev–Trinajstić information content (AvgIpc) is 3.06. The van der Waals surface area contributed by atoms with Crippen molar-refractivity contribution in [2.75, 3.05) is 6.26 Å². The zero-order valence-electron chi connectivity index (χ0n) is 11.1. The highest BCUT2D eigenvalue weighted by atomic mass is 32.2. The predicted molar refractivity (Wildman–Crippen MR) is 78.3 cm³/mol. The molecule has 20 heavy (non-hydrogen) atoms. The molecule has 1 aliphatic rings. The van der Waals surface area contributed by atoms with Gasteiger partial charge in [0.1, 0.15) is 17.6 Å². The van der Waals surface area contributed by atoms with Crippen molar-refractivity contribution in [1.82, 2.24) is 4.41 Å². The zero-order chi connectivity index (χ0) is 14.3. The predicted octanol–water partition coefficient (Wildman–Crippen LogP) is 2.76. The lowest BCUT2D eigenvalue weighted by atomic mass is 10.1. The number of aryl methyl sites for hydroxylation is 1. The number of thiophene rings is 1. The first-order valence-electron chi connectivity index (χ1n) is 6.12. The van der Waals surface area contributed by atoms with Gasteiger partial charge < -0.3 is 4.42 Å². The Morgan fingerprint density at radius 2 is 2.20 bits per heavy atom. The number of hydrogen-bond donors (Lipinski definition) is 0. The number of sulfonamides is 1. The van der Waals surface area contributed by atoms with Gasteiger partial charge in [0.2, 0.25) is 10.0 Å². The molecule has 0 fully saturated rings. The van der Waals surface area contributed by atoms with Crippen LogP contribution in [0.5, 0.6) is 0 Å². The van der Waals surface area contributed by atoms with E-state index < -0.39 is 16.1 Å². The van der Waals surface area contributed by atoms with Crippen molar-refractivity contribution in [3.63, 3.8) is 0 Å². The fourth-order valence-corrected chi connectivity index (χ4v) is 3.84. The summed E-state index contributed by atoms with van der Waals surface area (Å²) in [6.45, 7) is 1.84. The maximum atomic E-state index is 11.9. The van der Waals surface area contributed by atoms with Crippen LogP contribution in [-0.2, 0) is 10.0 Å². The smallest absolute Gasteiger partial charge is 0.247 e. The monoisotopic (exact) mass is 310 g/mol. The Bertz CT molecular complexity index is 744. The second-order valence-electron chi connectivity index (χ2n) is 4.73. The first-order chi connectivity index (χ1) is 9.45. The average molecular weight is 310 g/mol. The van der Waals surface area contributed by atoms with E-state index in [0.29, 0.717) is 12.2 Å². The Morgan fingerprint density at radius 1 is 1.40 bits per heavy atom. The molecule has 7 heteroatoms. The third-order valence-corrected chi connectivity index (χ3v) is 5.04.